The van der Waals surface area contributed by atoms with Crippen LogP contribution in [0.2, 0.25) is 0 Å². The molecule has 3 aromatic carbocycles. The minimum atomic E-state index is -4.56. The lowest BCUT2D eigenvalue weighted by Gasteiger charge is -2.27. The Hall–Kier alpha value is -6.50. The Morgan fingerprint density at radius 3 is 2.56 bits per heavy atom. The van der Waals surface area contributed by atoms with Gasteiger partial charge in [0.1, 0.15) is 24.3 Å². The van der Waals surface area contributed by atoms with E-state index in [0.717, 1.165) is 29.9 Å². The highest BCUT2D eigenvalue weighted by molar-refractivity contribution is 6.25. The fourth-order valence-electron chi connectivity index (χ4n) is 7.84. The average Bonchev–Trinajstić information content (AvgIpc) is 3.95. The molecule has 1 aliphatic carbocycles. The van der Waals surface area contributed by atoms with E-state index in [2.05, 4.69) is 25.9 Å². The minimum absolute atomic E-state index is 0.00862. The smallest absolute Gasteiger partial charge is 0.416 e. The van der Waals surface area contributed by atoms with E-state index < -0.39 is 47.5 Å². The zero-order valence-corrected chi connectivity index (χ0v) is 35.3. The number of hydrogen-bond acceptors (Lipinski definition) is 13. The number of hydrogen-bond donors (Lipinski definition) is 4. The Balaban J connectivity index is 0.882. The number of carbonyl (C=O) groups is 5. The number of halogens is 3. The number of anilines is 3. The van der Waals surface area contributed by atoms with Crippen LogP contribution in [0.4, 0.5) is 30.4 Å². The van der Waals surface area contributed by atoms with Crippen molar-refractivity contribution in [2.45, 2.75) is 70.6 Å². The molecule has 2 aliphatic heterocycles. The average molecular weight is 875 g/mol. The maximum atomic E-state index is 13.5. The van der Waals surface area contributed by atoms with Crippen molar-refractivity contribution in [1.82, 2.24) is 25.1 Å². The van der Waals surface area contributed by atoms with Crippen molar-refractivity contribution in [1.29, 1.82) is 0 Å². The highest BCUT2D eigenvalue weighted by atomic mass is 19.4. The van der Waals surface area contributed by atoms with Gasteiger partial charge in [0.05, 0.1) is 42.0 Å². The van der Waals surface area contributed by atoms with Crippen molar-refractivity contribution in [3.05, 3.63) is 76.6 Å². The van der Waals surface area contributed by atoms with Crippen LogP contribution in [0.5, 0.6) is 11.5 Å². The summed E-state index contributed by atoms with van der Waals surface area (Å²) in [6, 6.07) is 10.1. The number of amides is 5. The summed E-state index contributed by atoms with van der Waals surface area (Å²) in [5.74, 6) is -0.775. The normalized spacial score (nSPS) is 17.3. The van der Waals surface area contributed by atoms with Gasteiger partial charge in [-0.05, 0) is 87.9 Å². The number of aromatic nitrogens is 2. The molecule has 7 rings (SSSR count). The molecule has 0 bridgehead atoms. The second-order valence-corrected chi connectivity index (χ2v) is 16.3. The van der Waals surface area contributed by atoms with Crippen LogP contribution in [0.3, 0.4) is 0 Å². The van der Waals surface area contributed by atoms with Gasteiger partial charge in [0, 0.05) is 61.4 Å². The summed E-state index contributed by atoms with van der Waals surface area (Å²) in [6.07, 6.45) is -1.53. The molecule has 5 N–H and O–H groups in total. The van der Waals surface area contributed by atoms with Gasteiger partial charge in [-0.3, -0.25) is 34.2 Å². The Morgan fingerprint density at radius 2 is 1.84 bits per heavy atom. The van der Waals surface area contributed by atoms with Crippen molar-refractivity contribution in [3.63, 3.8) is 0 Å². The van der Waals surface area contributed by atoms with E-state index in [-0.39, 0.29) is 54.2 Å². The topological polar surface area (TPSA) is 207 Å². The number of nitrogen functional groups attached to an aromatic ring is 1. The third kappa shape index (κ3) is 9.93. The summed E-state index contributed by atoms with van der Waals surface area (Å²) >= 11 is 0. The molecule has 0 spiro atoms. The molecule has 63 heavy (non-hydrogen) atoms. The van der Waals surface area contributed by atoms with Crippen molar-refractivity contribution >= 4 is 57.6 Å². The number of nitrogens with zero attached hydrogens (tertiary/aromatic N) is 4. The summed E-state index contributed by atoms with van der Waals surface area (Å²) < 4.78 is 58.3. The number of fused-ring (bicyclic) bond motifs is 2. The molecule has 1 aromatic heterocycles. The molecule has 1 saturated heterocycles. The molecule has 3 heterocycles. The second kappa shape index (κ2) is 18.1. The quantitative estimate of drug-likeness (QED) is 0.0543. The molecule has 19 heteroatoms. The van der Waals surface area contributed by atoms with Crippen molar-refractivity contribution < 1.29 is 51.4 Å². The van der Waals surface area contributed by atoms with E-state index in [4.69, 9.17) is 19.9 Å². The van der Waals surface area contributed by atoms with Gasteiger partial charge in [-0.1, -0.05) is 6.07 Å². The fraction of sp³-hybridized carbons (Fsp3) is 0.432. The molecule has 1 saturated carbocycles. The number of likely N-dealkylation sites (N-methyl/N-ethyl adjacent to an activating group) is 1. The van der Waals surface area contributed by atoms with Gasteiger partial charge in [0.15, 0.2) is 11.5 Å². The number of imide groups is 2. The van der Waals surface area contributed by atoms with Crippen LogP contribution in [-0.2, 0) is 25.3 Å². The maximum Gasteiger partial charge on any atom is 0.416 e. The second-order valence-electron chi connectivity index (χ2n) is 16.3. The number of nitrogens with one attached hydrogen (secondary N) is 3. The summed E-state index contributed by atoms with van der Waals surface area (Å²) in [6.45, 7) is 4.81. The Morgan fingerprint density at radius 1 is 1.06 bits per heavy atom. The molecule has 5 amide bonds. The first-order valence-corrected chi connectivity index (χ1v) is 20.6. The summed E-state index contributed by atoms with van der Waals surface area (Å²) in [4.78, 5) is 75.2. The zero-order valence-electron chi connectivity index (χ0n) is 35.3. The Labute approximate surface area is 361 Å². The van der Waals surface area contributed by atoms with Gasteiger partial charge < -0.3 is 35.5 Å². The SMILES string of the molecule is COc1cc2nc(C)nc(N[C@H](C)c3cc(N)cc(C(F)(F)F)c3)c2cc1OCC1(CN(C)C(=O)COCCCCNc2cccc3c2C(=O)N(C2CCC(=O)NC2=O)C3=O)CC1. The van der Waals surface area contributed by atoms with Crippen LogP contribution in [-0.4, -0.2) is 102 Å². The van der Waals surface area contributed by atoms with Crippen LogP contribution in [0.1, 0.15) is 89.2 Å². The van der Waals surface area contributed by atoms with Crippen molar-refractivity contribution in [3.8, 4) is 11.5 Å². The van der Waals surface area contributed by atoms with Gasteiger partial charge in [0.25, 0.3) is 11.8 Å². The number of aryl methyl sites for hydroxylation is 1. The first-order valence-electron chi connectivity index (χ1n) is 20.6. The molecule has 2 fully saturated rings. The molecule has 2 atom stereocenters. The Bertz CT molecular complexity index is 2460. The number of carbonyl (C=O) groups excluding carboxylic acids is 5. The highest BCUT2D eigenvalue weighted by Crippen LogP contribution is 2.47. The zero-order chi connectivity index (χ0) is 45.2. The van der Waals surface area contributed by atoms with Gasteiger partial charge >= 0.3 is 6.18 Å². The van der Waals surface area contributed by atoms with Gasteiger partial charge in [-0.25, -0.2) is 9.97 Å². The predicted molar refractivity (Wildman–Crippen MR) is 225 cm³/mol. The molecule has 3 aliphatic rings. The largest absolute Gasteiger partial charge is 0.493 e. The van der Waals surface area contributed by atoms with E-state index in [1.165, 1.54) is 19.2 Å². The molecule has 1 unspecified atom stereocenters. The van der Waals surface area contributed by atoms with E-state index >= 15 is 0 Å². The number of piperidine rings is 1. The standard InChI is InChI=1S/C44H49F3N8O8/c1-24(26-16-27(44(45,46)47)18-28(48)17-26)50-39-30-19-35(34(61-4)20-32(30)51-25(2)52-39)63-23-43(12-13-43)22-54(3)37(57)21-62-15-6-5-14-49-31-9-7-8-29-38(31)42(60)55(41(29)59)33-10-11-36(56)53-40(33)58/h7-9,16-20,24,33,49H,5-6,10-15,21-23,48H2,1-4H3,(H,50,51,52)(H,53,56,58)/t24-,33?/m1/s1. The molecular weight excluding hydrogens is 826 g/mol. The van der Waals surface area contributed by atoms with Crippen LogP contribution in [0.25, 0.3) is 10.9 Å². The van der Waals surface area contributed by atoms with Gasteiger partial charge in [0.2, 0.25) is 17.7 Å². The third-order valence-corrected chi connectivity index (χ3v) is 11.5. The lowest BCUT2D eigenvalue weighted by atomic mass is 10.0. The first kappa shape index (κ1) is 44.6. The molecule has 334 valence electrons. The van der Waals surface area contributed by atoms with E-state index in [1.807, 2.05) is 0 Å². The Kier molecular flexibility index (Phi) is 12.8. The molecular formula is C44H49F3N8O8. The van der Waals surface area contributed by atoms with E-state index in [9.17, 15) is 37.1 Å². The number of methoxy groups -OCH3 is 1. The molecule has 0 radical (unpaired) electrons. The van der Waals surface area contributed by atoms with Crippen molar-refractivity contribution in [2.75, 3.05) is 63.4 Å². The predicted octanol–water partition coefficient (Wildman–Crippen LogP) is 5.65. The molecule has 16 nitrogen and oxygen atoms in total. The molecule has 4 aromatic rings. The number of rotatable bonds is 18. The highest BCUT2D eigenvalue weighted by Gasteiger charge is 2.46. The number of unbranched alkanes of at least 4 members (excludes halogenated alkanes) is 1. The van der Waals surface area contributed by atoms with Crippen LogP contribution >= 0.6 is 0 Å². The number of nitrogens with two attached hydrogens (primary N) is 1. The van der Waals surface area contributed by atoms with Crippen molar-refractivity contribution in [2.24, 2.45) is 5.41 Å². The number of benzene rings is 3. The van der Waals surface area contributed by atoms with Crippen LogP contribution in [0, 0.1) is 12.3 Å². The summed E-state index contributed by atoms with van der Waals surface area (Å²) in [5.41, 5.74) is 6.41. The lowest BCUT2D eigenvalue weighted by molar-refractivity contribution is -0.138. The van der Waals surface area contributed by atoms with E-state index in [0.29, 0.717) is 77.8 Å². The van der Waals surface area contributed by atoms with Gasteiger partial charge in [-0.2, -0.15) is 13.2 Å². The van der Waals surface area contributed by atoms with Crippen LogP contribution in [0.15, 0.2) is 48.5 Å². The number of ether oxygens (including phenoxy) is 3. The van der Waals surface area contributed by atoms with E-state index in [1.54, 1.807) is 50.1 Å². The maximum absolute atomic E-state index is 13.5. The summed E-state index contributed by atoms with van der Waals surface area (Å²) in [5, 5.41) is 9.20. The lowest BCUT2D eigenvalue weighted by Crippen LogP contribution is -2.54. The third-order valence-electron chi connectivity index (χ3n) is 11.5. The minimum Gasteiger partial charge on any atom is -0.493 e. The van der Waals surface area contributed by atoms with Crippen LogP contribution < -0.4 is 31.2 Å². The fourth-order valence-corrected chi connectivity index (χ4v) is 7.84. The monoisotopic (exact) mass is 874 g/mol. The first-order chi connectivity index (χ1) is 30.0. The van der Waals surface area contributed by atoms with Gasteiger partial charge in [-0.15, -0.1) is 0 Å². The summed E-state index contributed by atoms with van der Waals surface area (Å²) in [7, 11) is 3.23. The number of alkyl halides is 3.